The standard InChI is InChI=1S/C22H27Cl3N2O2/c23-15-12-13-17(24)18(14-15)27-21(28)19(25)20(22(27)29)26-16-10-8-6-4-2-1-3-5-7-9-11-16/h12-14,16,26H,1-11H2. The number of hydrogen-bond acceptors (Lipinski definition) is 3. The molecule has 0 unspecified atom stereocenters. The zero-order valence-corrected chi connectivity index (χ0v) is 18.8. The Morgan fingerprint density at radius 3 is 1.93 bits per heavy atom. The van der Waals surface area contributed by atoms with Gasteiger partial charge in [0.25, 0.3) is 11.8 Å². The van der Waals surface area contributed by atoms with Crippen LogP contribution >= 0.6 is 34.8 Å². The van der Waals surface area contributed by atoms with E-state index < -0.39 is 11.8 Å². The number of benzene rings is 1. The summed E-state index contributed by atoms with van der Waals surface area (Å²) < 4.78 is 0. The summed E-state index contributed by atoms with van der Waals surface area (Å²) in [6, 6.07) is 4.80. The normalized spacial score (nSPS) is 20.6. The minimum atomic E-state index is -0.573. The second-order valence-electron chi connectivity index (χ2n) is 7.83. The van der Waals surface area contributed by atoms with Crippen LogP contribution in [0.25, 0.3) is 0 Å². The molecule has 1 aliphatic heterocycles. The Bertz CT molecular complexity index is 782. The van der Waals surface area contributed by atoms with Gasteiger partial charge in [-0.15, -0.1) is 0 Å². The molecular formula is C22H27Cl3N2O2. The Hall–Kier alpha value is -1.23. The van der Waals surface area contributed by atoms with Gasteiger partial charge in [-0.1, -0.05) is 92.6 Å². The zero-order chi connectivity index (χ0) is 20.8. The van der Waals surface area contributed by atoms with Gasteiger partial charge in [0.2, 0.25) is 0 Å². The number of carbonyl (C=O) groups is 2. The topological polar surface area (TPSA) is 49.4 Å². The van der Waals surface area contributed by atoms with Crippen LogP contribution in [0.2, 0.25) is 10.0 Å². The highest BCUT2D eigenvalue weighted by atomic mass is 35.5. The summed E-state index contributed by atoms with van der Waals surface area (Å²) in [5.41, 5.74) is 0.424. The minimum Gasteiger partial charge on any atom is -0.376 e. The molecule has 158 valence electrons. The monoisotopic (exact) mass is 456 g/mol. The SMILES string of the molecule is O=C1C(Cl)=C(NC2CCCCCCCCCCC2)C(=O)N1c1cc(Cl)ccc1Cl. The highest BCUT2D eigenvalue weighted by Gasteiger charge is 2.40. The lowest BCUT2D eigenvalue weighted by Crippen LogP contribution is -2.37. The fourth-order valence-electron chi connectivity index (χ4n) is 4.02. The number of nitrogens with one attached hydrogen (secondary N) is 1. The molecule has 4 nitrogen and oxygen atoms in total. The lowest BCUT2D eigenvalue weighted by molar-refractivity contribution is -0.120. The molecule has 3 rings (SSSR count). The predicted molar refractivity (Wildman–Crippen MR) is 120 cm³/mol. The summed E-state index contributed by atoms with van der Waals surface area (Å²) >= 11 is 18.5. The van der Waals surface area contributed by atoms with Gasteiger partial charge in [0.15, 0.2) is 0 Å². The Balaban J connectivity index is 1.73. The van der Waals surface area contributed by atoms with E-state index in [-0.39, 0.29) is 27.5 Å². The zero-order valence-electron chi connectivity index (χ0n) is 16.5. The second-order valence-corrected chi connectivity index (χ2v) is 9.05. The van der Waals surface area contributed by atoms with Gasteiger partial charge in [0.05, 0.1) is 10.7 Å². The third-order valence-corrected chi connectivity index (χ3v) is 6.54. The molecule has 1 aromatic rings. The molecule has 0 bridgehead atoms. The number of hydrogen-bond donors (Lipinski definition) is 1. The first-order chi connectivity index (χ1) is 14.0. The fraction of sp³-hybridized carbons (Fsp3) is 0.545. The van der Waals surface area contributed by atoms with Crippen molar-refractivity contribution in [1.29, 1.82) is 0 Å². The molecule has 0 radical (unpaired) electrons. The number of amides is 2. The van der Waals surface area contributed by atoms with Gasteiger partial charge < -0.3 is 5.32 Å². The van der Waals surface area contributed by atoms with Crippen LogP contribution in [0.1, 0.15) is 70.6 Å². The predicted octanol–water partition coefficient (Wildman–Crippen LogP) is 6.58. The number of imide groups is 1. The molecule has 1 saturated carbocycles. The van der Waals surface area contributed by atoms with Crippen LogP contribution in [0.4, 0.5) is 5.69 Å². The summed E-state index contributed by atoms with van der Waals surface area (Å²) in [5.74, 6) is -1.05. The van der Waals surface area contributed by atoms with Crippen molar-refractivity contribution >= 4 is 52.3 Å². The van der Waals surface area contributed by atoms with Gasteiger partial charge in [0, 0.05) is 11.1 Å². The van der Waals surface area contributed by atoms with Gasteiger partial charge in [-0.25, -0.2) is 4.90 Å². The van der Waals surface area contributed by atoms with E-state index >= 15 is 0 Å². The Labute approximate surface area is 187 Å². The van der Waals surface area contributed by atoms with Gasteiger partial charge in [-0.05, 0) is 31.0 Å². The summed E-state index contributed by atoms with van der Waals surface area (Å²) in [4.78, 5) is 26.8. The Morgan fingerprint density at radius 2 is 1.34 bits per heavy atom. The van der Waals surface area contributed by atoms with Crippen molar-refractivity contribution in [3.63, 3.8) is 0 Å². The number of rotatable bonds is 3. The van der Waals surface area contributed by atoms with E-state index in [1.54, 1.807) is 12.1 Å². The third-order valence-electron chi connectivity index (χ3n) is 5.63. The van der Waals surface area contributed by atoms with Crippen LogP contribution in [-0.2, 0) is 9.59 Å². The van der Waals surface area contributed by atoms with Crippen molar-refractivity contribution in [3.8, 4) is 0 Å². The molecule has 1 N–H and O–H groups in total. The van der Waals surface area contributed by atoms with E-state index in [4.69, 9.17) is 34.8 Å². The van der Waals surface area contributed by atoms with E-state index in [1.807, 2.05) is 0 Å². The number of anilines is 1. The smallest absolute Gasteiger partial charge is 0.283 e. The Morgan fingerprint density at radius 1 is 0.793 bits per heavy atom. The van der Waals surface area contributed by atoms with Crippen LogP contribution in [0.3, 0.4) is 0 Å². The van der Waals surface area contributed by atoms with Crippen molar-refractivity contribution in [2.75, 3.05) is 4.90 Å². The molecule has 7 heteroatoms. The van der Waals surface area contributed by atoms with Crippen molar-refractivity contribution in [2.45, 2.75) is 76.7 Å². The second kappa shape index (κ2) is 10.7. The van der Waals surface area contributed by atoms with Crippen molar-refractivity contribution in [3.05, 3.63) is 39.0 Å². The molecule has 1 fully saturated rings. The molecule has 0 spiro atoms. The average Bonchev–Trinajstić information content (AvgIpc) is 2.89. The molecule has 29 heavy (non-hydrogen) atoms. The van der Waals surface area contributed by atoms with E-state index in [0.717, 1.165) is 30.6 Å². The van der Waals surface area contributed by atoms with Crippen molar-refractivity contribution < 1.29 is 9.59 Å². The van der Waals surface area contributed by atoms with Crippen LogP contribution < -0.4 is 10.2 Å². The van der Waals surface area contributed by atoms with Gasteiger partial charge in [0.1, 0.15) is 10.7 Å². The molecule has 2 aliphatic rings. The first kappa shape index (κ1) is 22.5. The highest BCUT2D eigenvalue weighted by Crippen LogP contribution is 2.35. The molecule has 1 heterocycles. The van der Waals surface area contributed by atoms with E-state index in [0.29, 0.717) is 5.02 Å². The fourth-order valence-corrected chi connectivity index (χ4v) is 4.60. The van der Waals surface area contributed by atoms with Crippen molar-refractivity contribution in [2.24, 2.45) is 0 Å². The first-order valence-corrected chi connectivity index (χ1v) is 11.6. The molecule has 0 aromatic heterocycles. The number of halogens is 3. The lowest BCUT2D eigenvalue weighted by atomic mass is 9.98. The quantitative estimate of drug-likeness (QED) is 0.521. The van der Waals surface area contributed by atoms with Crippen LogP contribution in [0.15, 0.2) is 28.9 Å². The van der Waals surface area contributed by atoms with Gasteiger partial charge in [-0.3, -0.25) is 9.59 Å². The largest absolute Gasteiger partial charge is 0.376 e. The van der Waals surface area contributed by atoms with Gasteiger partial charge in [-0.2, -0.15) is 0 Å². The lowest BCUT2D eigenvalue weighted by Gasteiger charge is -2.22. The molecule has 2 amide bonds. The van der Waals surface area contributed by atoms with Crippen LogP contribution in [-0.4, -0.2) is 17.9 Å². The molecule has 0 saturated heterocycles. The maximum absolute atomic E-state index is 13.0. The number of nitrogens with zero attached hydrogens (tertiary/aromatic N) is 1. The molecular weight excluding hydrogens is 431 g/mol. The summed E-state index contributed by atoms with van der Waals surface area (Å²) in [7, 11) is 0. The van der Waals surface area contributed by atoms with Crippen LogP contribution in [0, 0.1) is 0 Å². The Kier molecular flexibility index (Phi) is 8.28. The summed E-state index contributed by atoms with van der Waals surface area (Å²) in [5, 5.41) is 3.87. The van der Waals surface area contributed by atoms with E-state index in [9.17, 15) is 9.59 Å². The highest BCUT2D eigenvalue weighted by molar-refractivity contribution is 6.53. The van der Waals surface area contributed by atoms with Crippen LogP contribution in [0.5, 0.6) is 0 Å². The maximum Gasteiger partial charge on any atom is 0.283 e. The number of carbonyl (C=O) groups excluding carboxylic acids is 2. The summed E-state index contributed by atoms with van der Waals surface area (Å²) in [6.45, 7) is 0. The molecule has 1 aliphatic carbocycles. The van der Waals surface area contributed by atoms with E-state index in [1.165, 1.54) is 51.0 Å². The minimum absolute atomic E-state index is 0.0860. The molecule has 0 atom stereocenters. The van der Waals surface area contributed by atoms with E-state index in [2.05, 4.69) is 5.32 Å². The van der Waals surface area contributed by atoms with Crippen molar-refractivity contribution in [1.82, 2.24) is 5.32 Å². The van der Waals surface area contributed by atoms with Gasteiger partial charge >= 0.3 is 0 Å². The third kappa shape index (κ3) is 5.68. The average molecular weight is 458 g/mol. The molecule has 1 aromatic carbocycles. The summed E-state index contributed by atoms with van der Waals surface area (Å²) in [6.07, 6.45) is 13.0. The maximum atomic E-state index is 13.0. The first-order valence-electron chi connectivity index (χ1n) is 10.5.